The SMILES string of the molecule is CC(C)[C@@H](OC(=O)N1CCC1)C1C[C@@H](C)[C@H]2C(O1)[C@H](O)[C@@]1(C)C3CC[C@H]4C(C)(C)[C@@H](O[C@H]5CN(C6CN(CC(C)(C)C)C6)CCO5)CC[C@@]45CC35CC[C@]21C. The molecule has 0 radical (unpaired) electrons. The molecule has 2 spiro atoms. The minimum atomic E-state index is -0.515. The van der Waals surface area contributed by atoms with Gasteiger partial charge in [-0.15, -0.1) is 0 Å². The van der Waals surface area contributed by atoms with Crippen molar-refractivity contribution in [3.05, 3.63) is 0 Å². The van der Waals surface area contributed by atoms with Crippen LogP contribution in [0.3, 0.4) is 0 Å². The third kappa shape index (κ3) is 5.82. The van der Waals surface area contributed by atoms with Gasteiger partial charge in [-0.2, -0.15) is 0 Å². The summed E-state index contributed by atoms with van der Waals surface area (Å²) < 4.78 is 26.7. The Balaban J connectivity index is 0.887. The van der Waals surface area contributed by atoms with Crippen molar-refractivity contribution >= 4 is 6.09 Å². The summed E-state index contributed by atoms with van der Waals surface area (Å²) in [6.07, 6.45) is 9.11. The normalized spacial score (nSPS) is 48.7. The van der Waals surface area contributed by atoms with E-state index in [2.05, 4.69) is 79.0 Å². The summed E-state index contributed by atoms with van der Waals surface area (Å²) >= 11 is 0. The van der Waals surface area contributed by atoms with E-state index >= 15 is 0 Å². The van der Waals surface area contributed by atoms with Gasteiger partial charge >= 0.3 is 6.09 Å². The van der Waals surface area contributed by atoms with Gasteiger partial charge in [-0.25, -0.2) is 4.79 Å². The van der Waals surface area contributed by atoms with Crippen molar-refractivity contribution in [3.63, 3.8) is 0 Å². The number of hydrogen-bond acceptors (Lipinski definition) is 8. The molecule has 14 atom stereocenters. The van der Waals surface area contributed by atoms with Crippen molar-refractivity contribution in [2.24, 2.45) is 62.1 Å². The van der Waals surface area contributed by atoms with E-state index in [-0.39, 0.29) is 59.0 Å². The number of morpholine rings is 1. The first-order valence-electron chi connectivity index (χ1n) is 22.9. The summed E-state index contributed by atoms with van der Waals surface area (Å²) in [4.78, 5) is 20.1. The highest BCUT2D eigenvalue weighted by Crippen LogP contribution is 2.89. The van der Waals surface area contributed by atoms with E-state index in [0.29, 0.717) is 46.0 Å². The van der Waals surface area contributed by atoms with Gasteiger partial charge in [0.15, 0.2) is 6.29 Å². The van der Waals surface area contributed by atoms with Crippen LogP contribution >= 0.6 is 0 Å². The molecule has 312 valence electrons. The zero-order chi connectivity index (χ0) is 39.1. The molecule has 5 saturated carbocycles. The third-order valence-electron chi connectivity index (χ3n) is 18.7. The third-order valence-corrected chi connectivity index (χ3v) is 18.7. The number of aliphatic hydroxyl groups excluding tert-OH is 1. The first-order valence-corrected chi connectivity index (χ1v) is 22.9. The summed E-state index contributed by atoms with van der Waals surface area (Å²) in [7, 11) is 0. The molecule has 9 heteroatoms. The quantitative estimate of drug-likeness (QED) is 0.287. The molecule has 1 amide bonds. The lowest BCUT2D eigenvalue weighted by molar-refractivity contribution is -0.253. The van der Waals surface area contributed by atoms with E-state index < -0.39 is 6.10 Å². The fourth-order valence-electron chi connectivity index (χ4n) is 15.9. The molecular weight excluding hydrogens is 691 g/mol. The number of carbonyl (C=O) groups is 1. The second-order valence-electron chi connectivity index (χ2n) is 23.3. The monoisotopic (exact) mass is 768 g/mol. The summed E-state index contributed by atoms with van der Waals surface area (Å²) in [5.74, 6) is 1.98. The molecule has 4 aliphatic heterocycles. The minimum absolute atomic E-state index is 0.0138. The fourth-order valence-corrected chi connectivity index (χ4v) is 15.9. The average Bonchev–Trinajstić information content (AvgIpc) is 3.70. The van der Waals surface area contributed by atoms with Gasteiger partial charge in [-0.3, -0.25) is 9.80 Å². The lowest BCUT2D eigenvalue weighted by Crippen LogP contribution is -2.64. The molecule has 9 aliphatic rings. The van der Waals surface area contributed by atoms with Gasteiger partial charge in [0.1, 0.15) is 6.10 Å². The lowest BCUT2D eigenvalue weighted by atomic mass is 9.41. The number of nitrogens with zero attached hydrogens (tertiary/aromatic N) is 3. The van der Waals surface area contributed by atoms with Crippen LogP contribution in [0.5, 0.6) is 0 Å². The Bertz CT molecular complexity index is 1470. The second-order valence-corrected chi connectivity index (χ2v) is 23.3. The molecule has 0 aromatic rings. The van der Waals surface area contributed by atoms with Gasteiger partial charge in [0.2, 0.25) is 0 Å². The number of likely N-dealkylation sites (tertiary alicyclic amines) is 2. The van der Waals surface area contributed by atoms with E-state index in [9.17, 15) is 9.90 Å². The van der Waals surface area contributed by atoms with Crippen LogP contribution in [-0.2, 0) is 18.9 Å². The number of ether oxygens (including phenoxy) is 4. The van der Waals surface area contributed by atoms with Crippen molar-refractivity contribution in [1.82, 2.24) is 14.7 Å². The highest BCUT2D eigenvalue weighted by Gasteiger charge is 2.84. The topological polar surface area (TPSA) is 83.9 Å². The van der Waals surface area contributed by atoms with Crippen molar-refractivity contribution in [1.29, 1.82) is 0 Å². The molecule has 4 saturated heterocycles. The Morgan fingerprint density at radius 2 is 1.65 bits per heavy atom. The van der Waals surface area contributed by atoms with Gasteiger partial charge in [-0.1, -0.05) is 69.2 Å². The molecule has 4 unspecified atom stereocenters. The van der Waals surface area contributed by atoms with E-state index in [4.69, 9.17) is 18.9 Å². The van der Waals surface area contributed by atoms with Gasteiger partial charge in [-0.05, 0) is 114 Å². The second kappa shape index (κ2) is 13.3. The van der Waals surface area contributed by atoms with Crippen LogP contribution in [0.15, 0.2) is 0 Å². The average molecular weight is 768 g/mol. The first-order chi connectivity index (χ1) is 25.8. The molecule has 4 heterocycles. The molecule has 55 heavy (non-hydrogen) atoms. The van der Waals surface area contributed by atoms with Crippen LogP contribution in [0.1, 0.15) is 127 Å². The van der Waals surface area contributed by atoms with Crippen molar-refractivity contribution < 1.29 is 28.8 Å². The van der Waals surface area contributed by atoms with Crippen LogP contribution in [0, 0.1) is 62.1 Å². The number of aliphatic hydroxyl groups is 1. The molecule has 9 fully saturated rings. The van der Waals surface area contributed by atoms with E-state index in [0.717, 1.165) is 58.6 Å². The minimum Gasteiger partial charge on any atom is -0.443 e. The smallest absolute Gasteiger partial charge is 0.410 e. The summed E-state index contributed by atoms with van der Waals surface area (Å²) in [5.41, 5.74) is 0.877. The van der Waals surface area contributed by atoms with Crippen LogP contribution in [-0.4, -0.2) is 121 Å². The predicted molar refractivity (Wildman–Crippen MR) is 213 cm³/mol. The standard InChI is InChI=1S/C46H77N3O6/c1-28(2)37(55-40(51)48-18-11-19-48)31-22-29(3)36-38(53-31)39(50)44(10)33-13-12-32-42(7,8)34(14-15-45(32)26-46(33,45)17-16-43(36,44)9)54-35-25-49(20-21-52-35)30-23-47(24-30)27-41(4,5)6/h28-39,50H,11-27H2,1-10H3/t29-,31?,32+,33?,34+,35+,36+,37-,38?,39+,43-,44-,45-,46?/m1/s1. The number of rotatable bonds is 7. The maximum atomic E-state index is 13.0. The number of carbonyl (C=O) groups excluding carboxylic acids is 1. The van der Waals surface area contributed by atoms with Crippen LogP contribution in [0.25, 0.3) is 0 Å². The molecule has 9 nitrogen and oxygen atoms in total. The van der Waals surface area contributed by atoms with Crippen LogP contribution < -0.4 is 0 Å². The lowest BCUT2D eigenvalue weighted by Gasteiger charge is -2.64. The molecule has 9 rings (SSSR count). The molecular formula is C46H77N3O6. The molecule has 1 N–H and O–H groups in total. The molecule has 0 bridgehead atoms. The Morgan fingerprint density at radius 3 is 2.33 bits per heavy atom. The predicted octanol–water partition coefficient (Wildman–Crippen LogP) is 7.44. The van der Waals surface area contributed by atoms with Crippen molar-refractivity contribution in [2.75, 3.05) is 52.4 Å². The van der Waals surface area contributed by atoms with E-state index in [1.807, 2.05) is 4.90 Å². The van der Waals surface area contributed by atoms with Crippen molar-refractivity contribution in [3.8, 4) is 0 Å². The number of amides is 1. The van der Waals surface area contributed by atoms with E-state index in [1.54, 1.807) is 0 Å². The first kappa shape index (κ1) is 39.5. The summed E-state index contributed by atoms with van der Waals surface area (Å²) in [6.45, 7) is 31.5. The highest BCUT2D eigenvalue weighted by atomic mass is 16.7. The van der Waals surface area contributed by atoms with E-state index in [1.165, 1.54) is 51.6 Å². The zero-order valence-electron chi connectivity index (χ0n) is 36.3. The van der Waals surface area contributed by atoms with Crippen LogP contribution in [0.2, 0.25) is 0 Å². The summed E-state index contributed by atoms with van der Waals surface area (Å²) in [5, 5.41) is 12.8. The largest absolute Gasteiger partial charge is 0.443 e. The van der Waals surface area contributed by atoms with Crippen LogP contribution in [0.4, 0.5) is 4.79 Å². The number of fused-ring (bicyclic) bond motifs is 4. The van der Waals surface area contributed by atoms with Gasteiger partial charge in [0.05, 0.1) is 31.0 Å². The molecule has 5 aliphatic carbocycles. The highest BCUT2D eigenvalue weighted by molar-refractivity contribution is 5.68. The molecule has 0 aromatic heterocycles. The van der Waals surface area contributed by atoms with Gasteiger partial charge < -0.3 is 29.0 Å². The van der Waals surface area contributed by atoms with Gasteiger partial charge in [0, 0.05) is 57.3 Å². The Hall–Kier alpha value is -0.970. The molecule has 0 aromatic carbocycles. The Kier molecular flexibility index (Phi) is 9.52. The number of hydrogen-bond donors (Lipinski definition) is 1. The van der Waals surface area contributed by atoms with Crippen molar-refractivity contribution in [2.45, 2.75) is 170 Å². The summed E-state index contributed by atoms with van der Waals surface area (Å²) in [6, 6.07) is 0.623. The fraction of sp³-hybridized carbons (Fsp3) is 0.978. The Labute approximate surface area is 333 Å². The zero-order valence-corrected chi connectivity index (χ0v) is 36.3. The maximum Gasteiger partial charge on any atom is 0.410 e. The Morgan fingerprint density at radius 1 is 0.945 bits per heavy atom. The van der Waals surface area contributed by atoms with Gasteiger partial charge in [0.25, 0.3) is 0 Å². The maximum absolute atomic E-state index is 13.0.